The smallest absolute Gasteiger partial charge is 0.311 e. The van der Waals surface area contributed by atoms with Gasteiger partial charge in [-0.1, -0.05) is 13.8 Å². The van der Waals surface area contributed by atoms with E-state index in [0.29, 0.717) is 0 Å². The topological polar surface area (TPSA) is 149 Å². The fourth-order valence-electron chi connectivity index (χ4n) is 3.81. The third-order valence-electron chi connectivity index (χ3n) is 5.68. The lowest BCUT2D eigenvalue weighted by molar-refractivity contribution is -0.213. The van der Waals surface area contributed by atoms with Gasteiger partial charge in [0, 0.05) is 0 Å². The van der Waals surface area contributed by atoms with Crippen molar-refractivity contribution >= 4 is 23.9 Å². The van der Waals surface area contributed by atoms with Crippen LogP contribution in [-0.4, -0.2) is 44.3 Å². The Bertz CT molecular complexity index is 551. The van der Waals surface area contributed by atoms with Crippen molar-refractivity contribution in [1.82, 2.24) is 0 Å². The van der Waals surface area contributed by atoms with Crippen LogP contribution in [0.1, 0.15) is 34.1 Å². The first-order valence-corrected chi connectivity index (χ1v) is 6.67. The second-order valence-electron chi connectivity index (χ2n) is 6.75. The van der Waals surface area contributed by atoms with Gasteiger partial charge in [0.1, 0.15) is 0 Å². The van der Waals surface area contributed by atoms with Gasteiger partial charge in [0.05, 0.1) is 22.7 Å². The van der Waals surface area contributed by atoms with E-state index in [1.807, 2.05) is 0 Å². The molecule has 0 bridgehead atoms. The fourth-order valence-corrected chi connectivity index (χ4v) is 3.81. The van der Waals surface area contributed by atoms with Gasteiger partial charge in [0.2, 0.25) is 0 Å². The molecule has 0 saturated heterocycles. The number of carboxylic acids is 4. The maximum Gasteiger partial charge on any atom is 0.311 e. The molecule has 1 fully saturated rings. The fraction of sp³-hybridized carbons (Fsp3) is 0.714. The number of carbonyl (C=O) groups is 4. The highest BCUT2D eigenvalue weighted by atomic mass is 16.4. The van der Waals surface area contributed by atoms with Crippen LogP contribution in [0.3, 0.4) is 0 Å². The molecule has 8 heteroatoms. The lowest BCUT2D eigenvalue weighted by Crippen LogP contribution is -2.66. The van der Waals surface area contributed by atoms with E-state index in [9.17, 15) is 39.6 Å². The summed E-state index contributed by atoms with van der Waals surface area (Å²) >= 11 is 0. The van der Waals surface area contributed by atoms with Crippen LogP contribution in [0.4, 0.5) is 0 Å². The lowest BCUT2D eigenvalue weighted by atomic mass is 9.42. The number of hydrogen-bond acceptors (Lipinski definition) is 4. The molecule has 4 atom stereocenters. The van der Waals surface area contributed by atoms with Gasteiger partial charge >= 0.3 is 23.9 Å². The third-order valence-corrected chi connectivity index (χ3v) is 5.68. The van der Waals surface area contributed by atoms with Crippen LogP contribution in [0.25, 0.3) is 0 Å². The molecule has 0 aromatic rings. The van der Waals surface area contributed by atoms with E-state index in [1.54, 1.807) is 0 Å². The summed E-state index contributed by atoms with van der Waals surface area (Å²) in [6.45, 7) is 4.95. The van der Waals surface area contributed by atoms with E-state index < -0.39 is 58.4 Å². The van der Waals surface area contributed by atoms with E-state index in [1.165, 1.54) is 27.7 Å². The van der Waals surface area contributed by atoms with Crippen molar-refractivity contribution in [3.8, 4) is 0 Å². The molecular weight excluding hydrogens is 296 g/mol. The van der Waals surface area contributed by atoms with Crippen LogP contribution in [0.5, 0.6) is 0 Å². The number of carboxylic acid groups (broad SMARTS) is 4. The van der Waals surface area contributed by atoms with E-state index in [4.69, 9.17) is 0 Å². The minimum absolute atomic E-state index is 0.569. The Balaban J connectivity index is 3.75. The zero-order valence-corrected chi connectivity index (χ0v) is 12.8. The Kier molecular flexibility index (Phi) is 4.04. The molecule has 0 aromatic heterocycles. The molecule has 0 radical (unpaired) electrons. The quantitative estimate of drug-likeness (QED) is 0.600. The molecule has 1 saturated carbocycles. The third kappa shape index (κ3) is 1.97. The molecule has 8 nitrogen and oxygen atoms in total. The minimum atomic E-state index is -1.96. The van der Waals surface area contributed by atoms with Crippen molar-refractivity contribution in [3.05, 3.63) is 0 Å². The molecule has 4 N–H and O–H groups in total. The van der Waals surface area contributed by atoms with Crippen molar-refractivity contribution < 1.29 is 39.6 Å². The maximum absolute atomic E-state index is 11.9. The normalized spacial score (nSPS) is 37.3. The highest BCUT2D eigenvalue weighted by molar-refractivity contribution is 5.91. The first-order valence-electron chi connectivity index (χ1n) is 6.67. The lowest BCUT2D eigenvalue weighted by Gasteiger charge is -2.58. The average molecular weight is 316 g/mol. The number of rotatable bonds is 4. The van der Waals surface area contributed by atoms with Gasteiger partial charge in [0.25, 0.3) is 0 Å². The van der Waals surface area contributed by atoms with Crippen LogP contribution in [0, 0.1) is 28.1 Å². The molecule has 0 amide bonds. The van der Waals surface area contributed by atoms with E-state index in [0.717, 1.165) is 0 Å². The van der Waals surface area contributed by atoms with Crippen LogP contribution < -0.4 is 0 Å². The van der Waals surface area contributed by atoms with E-state index >= 15 is 0 Å². The molecule has 0 heterocycles. The number of aliphatic carboxylic acids is 4. The summed E-state index contributed by atoms with van der Waals surface area (Å²) in [5.74, 6) is -8.81. The van der Waals surface area contributed by atoms with Crippen LogP contribution in [-0.2, 0) is 19.2 Å². The molecule has 0 aromatic carbocycles. The van der Waals surface area contributed by atoms with Crippen molar-refractivity contribution in [2.75, 3.05) is 0 Å². The summed E-state index contributed by atoms with van der Waals surface area (Å²) in [6.07, 6.45) is -0.569. The van der Waals surface area contributed by atoms with Crippen molar-refractivity contribution in [2.45, 2.75) is 34.1 Å². The van der Waals surface area contributed by atoms with E-state index in [2.05, 4.69) is 0 Å². The molecule has 1 aliphatic rings. The molecule has 0 spiro atoms. The Morgan fingerprint density at radius 1 is 0.818 bits per heavy atom. The first-order chi connectivity index (χ1) is 9.75. The summed E-state index contributed by atoms with van der Waals surface area (Å²) in [6, 6.07) is 0. The minimum Gasteiger partial charge on any atom is -0.481 e. The summed E-state index contributed by atoms with van der Waals surface area (Å²) in [5, 5.41) is 37.9. The average Bonchev–Trinajstić information content (AvgIpc) is 2.33. The highest BCUT2D eigenvalue weighted by Crippen LogP contribution is 2.64. The zero-order valence-electron chi connectivity index (χ0n) is 12.8. The molecule has 0 aliphatic heterocycles. The van der Waals surface area contributed by atoms with Gasteiger partial charge in [-0.15, -0.1) is 0 Å². The van der Waals surface area contributed by atoms with Crippen LogP contribution >= 0.6 is 0 Å². The van der Waals surface area contributed by atoms with E-state index in [-0.39, 0.29) is 0 Å². The predicted octanol–water partition coefficient (Wildman–Crippen LogP) is 1.000. The first kappa shape index (κ1) is 17.9. The van der Waals surface area contributed by atoms with Gasteiger partial charge < -0.3 is 20.4 Å². The van der Waals surface area contributed by atoms with Crippen molar-refractivity contribution in [2.24, 2.45) is 28.1 Å². The molecule has 1 aliphatic carbocycles. The Labute approximate surface area is 126 Å². The van der Waals surface area contributed by atoms with Gasteiger partial charge in [-0.3, -0.25) is 19.2 Å². The van der Waals surface area contributed by atoms with Gasteiger partial charge in [-0.2, -0.15) is 0 Å². The highest BCUT2D eigenvalue weighted by Gasteiger charge is 2.71. The monoisotopic (exact) mass is 316 g/mol. The molecule has 22 heavy (non-hydrogen) atoms. The van der Waals surface area contributed by atoms with Crippen molar-refractivity contribution in [1.29, 1.82) is 0 Å². The Morgan fingerprint density at radius 3 is 1.55 bits per heavy atom. The summed E-state index contributed by atoms with van der Waals surface area (Å²) in [4.78, 5) is 46.6. The Morgan fingerprint density at radius 2 is 1.27 bits per heavy atom. The predicted molar refractivity (Wildman–Crippen MR) is 72.1 cm³/mol. The molecular formula is C14H20O8. The molecule has 4 unspecified atom stereocenters. The molecule has 124 valence electrons. The second kappa shape index (κ2) is 4.96. The standard InChI is InChI=1S/C14H20O8/c1-12(2)7(9(17)18)6(8(15)16)5-13(3,10(19)20)14(12,4)11(21)22/h6-7H,5H2,1-4H3,(H,15,16)(H,17,18)(H,19,20)(H,21,22). The summed E-state index contributed by atoms with van der Waals surface area (Å²) in [7, 11) is 0. The molecule has 1 rings (SSSR count). The SMILES string of the molecule is CC1(C(=O)O)CC(C(=O)O)C(C(=O)O)C(C)(C)C1(C)C(=O)O. The maximum atomic E-state index is 11.9. The number of hydrogen-bond donors (Lipinski definition) is 4. The van der Waals surface area contributed by atoms with Gasteiger partial charge in [0.15, 0.2) is 0 Å². The van der Waals surface area contributed by atoms with Crippen LogP contribution in [0.15, 0.2) is 0 Å². The van der Waals surface area contributed by atoms with Gasteiger partial charge in [-0.05, 0) is 25.7 Å². The Hall–Kier alpha value is -2.12. The van der Waals surface area contributed by atoms with Crippen molar-refractivity contribution in [3.63, 3.8) is 0 Å². The van der Waals surface area contributed by atoms with Gasteiger partial charge in [-0.25, -0.2) is 0 Å². The zero-order chi connectivity index (χ0) is 17.7. The van der Waals surface area contributed by atoms with Crippen LogP contribution in [0.2, 0.25) is 0 Å². The summed E-state index contributed by atoms with van der Waals surface area (Å²) in [5.41, 5.74) is -5.47. The largest absolute Gasteiger partial charge is 0.481 e. The second-order valence-corrected chi connectivity index (χ2v) is 6.75. The summed E-state index contributed by atoms with van der Waals surface area (Å²) < 4.78 is 0.